The number of benzene rings is 1. The van der Waals surface area contributed by atoms with Crippen molar-refractivity contribution < 1.29 is 88.6 Å². The van der Waals surface area contributed by atoms with E-state index in [9.17, 15) is 66.2 Å². The number of nitro benzene ring substituents is 2. The molecule has 0 spiro atoms. The molecule has 22 heteroatoms. The fourth-order valence-corrected chi connectivity index (χ4v) is 5.10. The maximum absolute atomic E-state index is 15.3. The summed E-state index contributed by atoms with van der Waals surface area (Å²) in [5.41, 5.74) is -1.60. The lowest BCUT2D eigenvalue weighted by molar-refractivity contribution is -0.395. The molecule has 4 rings (SSSR count). The lowest BCUT2D eigenvalue weighted by atomic mass is 9.96. The number of hydrogen-bond donors (Lipinski definition) is 9. The van der Waals surface area contributed by atoms with E-state index in [4.69, 9.17) is 28.4 Å². The third-order valence-corrected chi connectivity index (χ3v) is 7.62. The van der Waals surface area contributed by atoms with Gasteiger partial charge in [-0.2, -0.15) is 0 Å². The van der Waals surface area contributed by atoms with Gasteiger partial charge in [0.15, 0.2) is 18.8 Å². The van der Waals surface area contributed by atoms with Gasteiger partial charge >= 0.3 is 5.69 Å². The van der Waals surface area contributed by atoms with Gasteiger partial charge in [-0.05, 0) is 6.07 Å². The van der Waals surface area contributed by atoms with Crippen molar-refractivity contribution in [2.75, 3.05) is 19.8 Å². The fourth-order valence-electron chi connectivity index (χ4n) is 5.10. The molecule has 3 aliphatic heterocycles. The first kappa shape index (κ1) is 36.0. The summed E-state index contributed by atoms with van der Waals surface area (Å²) in [5, 5.41) is 114. The zero-order chi connectivity index (χ0) is 34.0. The monoisotopic (exact) mass is 672 g/mol. The summed E-state index contributed by atoms with van der Waals surface area (Å²) in [7, 11) is 0. The van der Waals surface area contributed by atoms with Gasteiger partial charge in [0.05, 0.1) is 35.7 Å². The van der Waals surface area contributed by atoms with Crippen LogP contribution in [-0.2, 0) is 23.7 Å². The van der Waals surface area contributed by atoms with E-state index in [1.54, 1.807) is 0 Å². The van der Waals surface area contributed by atoms with Gasteiger partial charge < -0.3 is 74.4 Å². The summed E-state index contributed by atoms with van der Waals surface area (Å²) in [6.07, 6.45) is -28.5. The Hall–Kier alpha value is -2.81. The number of rotatable bonds is 11. The molecule has 0 aliphatic carbocycles. The first-order valence-electron chi connectivity index (χ1n) is 13.7. The Labute approximate surface area is 256 Å². The van der Waals surface area contributed by atoms with E-state index in [1.165, 1.54) is 0 Å². The molecular weight excluding hydrogens is 639 g/mol. The van der Waals surface area contributed by atoms with Crippen LogP contribution in [0.3, 0.4) is 0 Å². The number of ether oxygens (including phenoxy) is 6. The minimum Gasteiger partial charge on any atom is -0.454 e. The number of aliphatic hydroxyl groups is 9. The van der Waals surface area contributed by atoms with Gasteiger partial charge in [0.25, 0.3) is 5.69 Å². The van der Waals surface area contributed by atoms with Crippen LogP contribution in [0.5, 0.6) is 5.75 Å². The lowest BCUT2D eigenvalue weighted by Crippen LogP contribution is -2.66. The van der Waals surface area contributed by atoms with Crippen molar-refractivity contribution in [2.45, 2.75) is 92.2 Å². The van der Waals surface area contributed by atoms with Crippen LogP contribution in [0.15, 0.2) is 18.2 Å². The SMILES string of the molecule is O=[N+]([O-])c1ccc(O[C@@H]2O[C@H](CO)[C@@H](O[C@@H]3O[C@H](CO)[C@@H](O[C@@H]4O[C@H](CO)[C@@H](O)[C@H](O)[C@H]4O)[C@H](O)[C@H]3O)[C@H](O)[C@H]2F)c([N+](=O)[O-])c1. The second-order valence-electron chi connectivity index (χ2n) is 10.5. The van der Waals surface area contributed by atoms with E-state index in [2.05, 4.69) is 0 Å². The van der Waals surface area contributed by atoms with Crippen molar-refractivity contribution in [2.24, 2.45) is 0 Å². The summed E-state index contributed by atoms with van der Waals surface area (Å²) < 4.78 is 47.4. The van der Waals surface area contributed by atoms with Crippen molar-refractivity contribution in [1.82, 2.24) is 0 Å². The van der Waals surface area contributed by atoms with Crippen molar-refractivity contribution in [1.29, 1.82) is 0 Å². The van der Waals surface area contributed by atoms with Crippen molar-refractivity contribution in [3.05, 3.63) is 38.4 Å². The molecule has 1 aromatic carbocycles. The Morgan fingerprint density at radius 3 is 1.70 bits per heavy atom. The molecule has 9 N–H and O–H groups in total. The molecule has 3 heterocycles. The predicted octanol–water partition coefficient (Wildman–Crippen LogP) is -4.69. The van der Waals surface area contributed by atoms with Crippen LogP contribution >= 0.6 is 0 Å². The Morgan fingerprint density at radius 1 is 0.674 bits per heavy atom. The molecule has 260 valence electrons. The Balaban J connectivity index is 1.46. The molecule has 0 unspecified atom stereocenters. The zero-order valence-corrected chi connectivity index (χ0v) is 23.4. The highest BCUT2D eigenvalue weighted by atomic mass is 19.1. The smallest absolute Gasteiger partial charge is 0.317 e. The van der Waals surface area contributed by atoms with Crippen LogP contribution in [0, 0.1) is 20.2 Å². The molecule has 3 aliphatic rings. The molecule has 0 radical (unpaired) electrons. The Morgan fingerprint density at radius 2 is 1.17 bits per heavy atom. The summed E-state index contributed by atoms with van der Waals surface area (Å²) in [6, 6.07) is 2.19. The van der Waals surface area contributed by atoms with Crippen LogP contribution in [0.1, 0.15) is 0 Å². The Kier molecular flexibility index (Phi) is 11.7. The van der Waals surface area contributed by atoms with E-state index in [0.717, 1.165) is 12.1 Å². The second kappa shape index (κ2) is 15.0. The zero-order valence-electron chi connectivity index (χ0n) is 23.4. The van der Waals surface area contributed by atoms with Crippen LogP contribution in [-0.4, -0.2) is 168 Å². The number of halogens is 1. The molecule has 15 atom stereocenters. The second-order valence-corrected chi connectivity index (χ2v) is 10.5. The van der Waals surface area contributed by atoms with E-state index >= 15 is 4.39 Å². The van der Waals surface area contributed by atoms with E-state index in [0.29, 0.717) is 6.07 Å². The number of hydrogen-bond acceptors (Lipinski definition) is 19. The third kappa shape index (κ3) is 7.19. The fraction of sp³-hybridized carbons (Fsp3) is 0.750. The molecule has 0 aromatic heterocycles. The van der Waals surface area contributed by atoms with Gasteiger partial charge in [-0.15, -0.1) is 0 Å². The number of non-ortho nitro benzene ring substituents is 1. The molecule has 21 nitrogen and oxygen atoms in total. The van der Waals surface area contributed by atoms with Crippen molar-refractivity contribution in [3.63, 3.8) is 0 Å². The van der Waals surface area contributed by atoms with Crippen LogP contribution in [0.4, 0.5) is 15.8 Å². The topological polar surface area (TPSA) is 324 Å². The molecule has 46 heavy (non-hydrogen) atoms. The highest BCUT2D eigenvalue weighted by molar-refractivity contribution is 5.53. The molecule has 3 fully saturated rings. The van der Waals surface area contributed by atoms with Crippen molar-refractivity contribution in [3.8, 4) is 5.75 Å². The van der Waals surface area contributed by atoms with Gasteiger partial charge in [-0.3, -0.25) is 20.2 Å². The maximum Gasteiger partial charge on any atom is 0.317 e. The maximum atomic E-state index is 15.3. The quantitative estimate of drug-likeness (QED) is 0.0787. The van der Waals surface area contributed by atoms with E-state index < -0.39 is 139 Å². The van der Waals surface area contributed by atoms with Gasteiger partial charge in [0.1, 0.15) is 67.1 Å². The number of alkyl halides is 1. The third-order valence-electron chi connectivity index (χ3n) is 7.62. The number of aliphatic hydroxyl groups excluding tert-OH is 9. The van der Waals surface area contributed by atoms with Gasteiger partial charge in [0.2, 0.25) is 12.0 Å². The molecule has 3 saturated heterocycles. The Bertz CT molecular complexity index is 1210. The first-order valence-corrected chi connectivity index (χ1v) is 13.7. The standard InChI is InChI=1S/C24H33FN2O19/c25-13-15(32)20(11(5-29)43-22(13)41-9-2-1-7(26(37)38)3-8(9)27(39)40)45-24-19(36)17(34)21(12(6-30)44-24)46-23-18(35)16(33)14(31)10(4-28)42-23/h1-3,10-24,28-36H,4-6H2/t10-,11-,12-,13-,14-,15-,16+,17-,18-,19-,20-,21-,22-,23+,24+/m1/s1. The molecule has 0 saturated carbocycles. The molecule has 1 aromatic rings. The van der Waals surface area contributed by atoms with E-state index in [1.807, 2.05) is 0 Å². The van der Waals surface area contributed by atoms with Crippen LogP contribution < -0.4 is 4.74 Å². The largest absolute Gasteiger partial charge is 0.454 e. The molecular formula is C24H33FN2O19. The summed E-state index contributed by atoms with van der Waals surface area (Å²) in [5.74, 6) is -0.670. The summed E-state index contributed by atoms with van der Waals surface area (Å²) in [6.45, 7) is -2.73. The average molecular weight is 673 g/mol. The van der Waals surface area contributed by atoms with Gasteiger partial charge in [0, 0.05) is 6.07 Å². The normalized spacial score (nSPS) is 41.6. The van der Waals surface area contributed by atoms with Crippen LogP contribution in [0.25, 0.3) is 0 Å². The summed E-state index contributed by atoms with van der Waals surface area (Å²) in [4.78, 5) is 20.4. The highest BCUT2D eigenvalue weighted by Gasteiger charge is 2.54. The molecule has 0 amide bonds. The number of nitro groups is 2. The van der Waals surface area contributed by atoms with E-state index in [-0.39, 0.29) is 0 Å². The van der Waals surface area contributed by atoms with Gasteiger partial charge in [-0.25, -0.2) is 4.39 Å². The lowest BCUT2D eigenvalue weighted by Gasteiger charge is -2.47. The first-order chi connectivity index (χ1) is 21.7. The summed E-state index contributed by atoms with van der Waals surface area (Å²) >= 11 is 0. The van der Waals surface area contributed by atoms with Crippen LogP contribution in [0.2, 0.25) is 0 Å². The average Bonchev–Trinajstić information content (AvgIpc) is 3.03. The van der Waals surface area contributed by atoms with Crippen molar-refractivity contribution >= 4 is 11.4 Å². The number of nitrogens with zero attached hydrogens (tertiary/aromatic N) is 2. The van der Waals surface area contributed by atoms with Gasteiger partial charge in [-0.1, -0.05) is 0 Å². The molecule has 0 bridgehead atoms. The highest BCUT2D eigenvalue weighted by Crippen LogP contribution is 2.36. The minimum atomic E-state index is -2.55. The minimum absolute atomic E-state index is 0.552. The predicted molar refractivity (Wildman–Crippen MR) is 138 cm³/mol.